The normalized spacial score (nSPS) is 23.2. The number of hydrogen-bond acceptors (Lipinski definition) is 5. The molecule has 0 saturated heterocycles. The summed E-state index contributed by atoms with van der Waals surface area (Å²) < 4.78 is 10.7. The minimum Gasteiger partial charge on any atom is -0.496 e. The second kappa shape index (κ2) is 8.67. The quantitative estimate of drug-likeness (QED) is 0.624. The summed E-state index contributed by atoms with van der Waals surface area (Å²) in [4.78, 5) is 31.0. The SMILES string of the molecule is COC(=O)C1C(C)=NC2=C(C(=O)C[C@H](c3ccc(Cl)cc3)C2)[C@H]1c1ccccc1OC. The molecule has 31 heavy (non-hydrogen) atoms. The van der Waals surface area contributed by atoms with Crippen LogP contribution in [-0.4, -0.2) is 31.7 Å². The van der Waals surface area contributed by atoms with Gasteiger partial charge in [0.15, 0.2) is 5.78 Å². The van der Waals surface area contributed by atoms with E-state index in [4.69, 9.17) is 26.1 Å². The predicted octanol–water partition coefficient (Wildman–Crippen LogP) is 5.10. The van der Waals surface area contributed by atoms with Gasteiger partial charge in [0.1, 0.15) is 11.7 Å². The van der Waals surface area contributed by atoms with E-state index in [-0.39, 0.29) is 11.7 Å². The molecule has 0 amide bonds. The number of hydrogen-bond donors (Lipinski definition) is 0. The van der Waals surface area contributed by atoms with Gasteiger partial charge < -0.3 is 9.47 Å². The van der Waals surface area contributed by atoms with E-state index >= 15 is 0 Å². The number of nitrogens with zero attached hydrogens (tertiary/aromatic N) is 1. The fourth-order valence-electron chi connectivity index (χ4n) is 4.72. The van der Waals surface area contributed by atoms with Crippen LogP contribution in [0.25, 0.3) is 0 Å². The van der Waals surface area contributed by atoms with Crippen molar-refractivity contribution in [1.82, 2.24) is 0 Å². The molecule has 2 aromatic rings. The number of carbonyl (C=O) groups excluding carboxylic acids is 2. The molecule has 6 heteroatoms. The number of Topliss-reactive ketones (excluding diaryl/α,β-unsaturated/α-hetero) is 1. The zero-order valence-electron chi connectivity index (χ0n) is 17.7. The zero-order valence-corrected chi connectivity index (χ0v) is 18.5. The van der Waals surface area contributed by atoms with Crippen molar-refractivity contribution in [3.8, 4) is 5.75 Å². The average molecular weight is 438 g/mol. The molecule has 1 unspecified atom stereocenters. The van der Waals surface area contributed by atoms with Crippen molar-refractivity contribution in [2.45, 2.75) is 31.6 Å². The summed E-state index contributed by atoms with van der Waals surface area (Å²) in [7, 11) is 2.95. The van der Waals surface area contributed by atoms with Crippen molar-refractivity contribution in [2.75, 3.05) is 14.2 Å². The van der Waals surface area contributed by atoms with Crippen molar-refractivity contribution in [3.63, 3.8) is 0 Å². The molecule has 0 radical (unpaired) electrons. The fourth-order valence-corrected chi connectivity index (χ4v) is 4.85. The standard InChI is InChI=1S/C25H24ClNO4/c1-14-22(25(29)31-3)23(18-6-4-5-7-21(18)30-2)24-19(27-14)12-16(13-20(24)28)15-8-10-17(26)11-9-15/h4-11,16,22-23H,12-13H2,1-3H3/t16-,22?,23+/m1/s1. The van der Waals surface area contributed by atoms with Crippen LogP contribution in [0.4, 0.5) is 0 Å². The molecule has 4 rings (SSSR count). The smallest absolute Gasteiger partial charge is 0.315 e. The van der Waals surface area contributed by atoms with Crippen LogP contribution in [0.15, 0.2) is 64.8 Å². The molecule has 0 fully saturated rings. The van der Waals surface area contributed by atoms with E-state index in [1.807, 2.05) is 55.5 Å². The Morgan fingerprint density at radius 2 is 1.77 bits per heavy atom. The number of esters is 1. The number of para-hydroxylation sites is 1. The first-order valence-electron chi connectivity index (χ1n) is 10.2. The van der Waals surface area contributed by atoms with Crippen LogP contribution in [0.2, 0.25) is 5.02 Å². The Labute approximate surface area is 186 Å². The summed E-state index contributed by atoms with van der Waals surface area (Å²) in [5.41, 5.74) is 3.83. The molecule has 160 valence electrons. The fraction of sp³-hybridized carbons (Fsp3) is 0.320. The highest BCUT2D eigenvalue weighted by atomic mass is 35.5. The first-order valence-corrected chi connectivity index (χ1v) is 10.6. The van der Waals surface area contributed by atoms with E-state index < -0.39 is 17.8 Å². The number of aliphatic imine (C=N–C) groups is 1. The number of carbonyl (C=O) groups is 2. The lowest BCUT2D eigenvalue weighted by Crippen LogP contribution is -2.37. The second-order valence-electron chi connectivity index (χ2n) is 7.91. The van der Waals surface area contributed by atoms with Gasteiger partial charge in [0.2, 0.25) is 0 Å². The van der Waals surface area contributed by atoms with E-state index in [9.17, 15) is 9.59 Å². The van der Waals surface area contributed by atoms with Crippen LogP contribution in [0, 0.1) is 5.92 Å². The minimum atomic E-state index is -0.670. The maximum atomic E-state index is 13.5. The Kier molecular flexibility index (Phi) is 5.96. The van der Waals surface area contributed by atoms with Crippen molar-refractivity contribution >= 4 is 29.1 Å². The number of allylic oxidation sites excluding steroid dienone is 2. The van der Waals surface area contributed by atoms with Gasteiger partial charge in [-0.15, -0.1) is 0 Å². The Balaban J connectivity index is 1.83. The van der Waals surface area contributed by atoms with Crippen LogP contribution in [-0.2, 0) is 14.3 Å². The highest BCUT2D eigenvalue weighted by Gasteiger charge is 2.45. The number of benzene rings is 2. The lowest BCUT2D eigenvalue weighted by Gasteiger charge is -2.36. The molecule has 0 aromatic heterocycles. The first-order chi connectivity index (χ1) is 14.9. The first kappa shape index (κ1) is 21.3. The number of ketones is 1. The summed E-state index contributed by atoms with van der Waals surface area (Å²) in [6, 6.07) is 15.1. The summed E-state index contributed by atoms with van der Waals surface area (Å²) in [5.74, 6) is -0.909. The lowest BCUT2D eigenvalue weighted by atomic mass is 9.69. The lowest BCUT2D eigenvalue weighted by molar-refractivity contribution is -0.143. The Morgan fingerprint density at radius 1 is 1.06 bits per heavy atom. The van der Waals surface area contributed by atoms with Gasteiger partial charge in [-0.1, -0.05) is 41.9 Å². The highest BCUT2D eigenvalue weighted by Crippen LogP contribution is 2.48. The van der Waals surface area contributed by atoms with Crippen molar-refractivity contribution in [1.29, 1.82) is 0 Å². The third-order valence-corrected chi connectivity index (χ3v) is 6.41. The minimum absolute atomic E-state index is 0.00209. The molecule has 5 nitrogen and oxygen atoms in total. The molecular weight excluding hydrogens is 414 g/mol. The van der Waals surface area contributed by atoms with Crippen LogP contribution in [0.3, 0.4) is 0 Å². The van der Waals surface area contributed by atoms with Crippen LogP contribution in [0.5, 0.6) is 5.75 Å². The third kappa shape index (κ3) is 3.90. The molecule has 2 aliphatic rings. The van der Waals surface area contributed by atoms with Crippen LogP contribution < -0.4 is 4.74 Å². The van der Waals surface area contributed by atoms with Gasteiger partial charge in [-0.2, -0.15) is 0 Å². The van der Waals surface area contributed by atoms with Crippen molar-refractivity contribution in [3.05, 3.63) is 76.0 Å². The summed E-state index contributed by atoms with van der Waals surface area (Å²) >= 11 is 6.03. The zero-order chi connectivity index (χ0) is 22.1. The number of rotatable bonds is 4. The monoisotopic (exact) mass is 437 g/mol. The van der Waals surface area contributed by atoms with Crippen molar-refractivity contribution < 1.29 is 19.1 Å². The molecule has 2 aromatic carbocycles. The maximum absolute atomic E-state index is 13.5. The molecule has 1 heterocycles. The molecule has 0 spiro atoms. The predicted molar refractivity (Wildman–Crippen MR) is 120 cm³/mol. The number of ether oxygens (including phenoxy) is 2. The molecule has 0 bridgehead atoms. The third-order valence-electron chi connectivity index (χ3n) is 6.16. The summed E-state index contributed by atoms with van der Waals surface area (Å²) in [6.45, 7) is 1.82. The summed E-state index contributed by atoms with van der Waals surface area (Å²) in [5, 5.41) is 0.662. The topological polar surface area (TPSA) is 65.0 Å². The van der Waals surface area contributed by atoms with Gasteiger partial charge in [0.05, 0.1) is 14.2 Å². The maximum Gasteiger partial charge on any atom is 0.315 e. The van der Waals surface area contributed by atoms with E-state index in [2.05, 4.69) is 0 Å². The molecule has 3 atom stereocenters. The van der Waals surface area contributed by atoms with Gasteiger partial charge in [-0.05, 0) is 43.0 Å². The van der Waals surface area contributed by atoms with Crippen LogP contribution in [0.1, 0.15) is 42.7 Å². The van der Waals surface area contributed by atoms with Crippen LogP contribution >= 0.6 is 11.6 Å². The van der Waals surface area contributed by atoms with E-state index in [1.165, 1.54) is 7.11 Å². The molecule has 1 aliphatic heterocycles. The van der Waals surface area contributed by atoms with E-state index in [0.717, 1.165) is 16.8 Å². The molecular formula is C25H24ClNO4. The van der Waals surface area contributed by atoms with Gasteiger partial charge in [-0.25, -0.2) is 0 Å². The molecule has 0 N–H and O–H groups in total. The number of methoxy groups -OCH3 is 2. The van der Waals surface area contributed by atoms with Gasteiger partial charge in [0.25, 0.3) is 0 Å². The summed E-state index contributed by atoms with van der Waals surface area (Å²) in [6.07, 6.45) is 0.980. The van der Waals surface area contributed by atoms with Gasteiger partial charge in [0, 0.05) is 39.9 Å². The largest absolute Gasteiger partial charge is 0.496 e. The Morgan fingerprint density at radius 3 is 2.45 bits per heavy atom. The Bertz CT molecular complexity index is 1090. The molecule has 0 saturated carbocycles. The molecule has 1 aliphatic carbocycles. The highest BCUT2D eigenvalue weighted by molar-refractivity contribution is 6.30. The average Bonchev–Trinajstić information content (AvgIpc) is 2.78. The van der Waals surface area contributed by atoms with Gasteiger partial charge >= 0.3 is 5.97 Å². The van der Waals surface area contributed by atoms with E-state index in [1.54, 1.807) is 7.11 Å². The Hall–Kier alpha value is -2.92. The van der Waals surface area contributed by atoms with Gasteiger partial charge in [-0.3, -0.25) is 14.6 Å². The second-order valence-corrected chi connectivity index (χ2v) is 8.35. The van der Waals surface area contributed by atoms with E-state index in [0.29, 0.717) is 34.9 Å². The number of halogens is 1. The van der Waals surface area contributed by atoms with Crippen molar-refractivity contribution in [2.24, 2.45) is 10.9 Å².